The Morgan fingerprint density at radius 1 is 0.762 bits per heavy atom. The third-order valence-corrected chi connectivity index (χ3v) is 9.52. The Morgan fingerprint density at radius 2 is 1.33 bits per heavy atom. The number of amides is 1. The lowest BCUT2D eigenvalue weighted by Crippen LogP contribution is -2.38. The van der Waals surface area contributed by atoms with Crippen molar-refractivity contribution in [1.82, 2.24) is 0 Å². The molecule has 0 heterocycles. The maximum atomic E-state index is 13.7. The molecule has 4 aromatic carbocycles. The van der Waals surface area contributed by atoms with E-state index in [0.717, 1.165) is 9.87 Å². The summed E-state index contributed by atoms with van der Waals surface area (Å²) in [4.78, 5) is 13.0. The minimum Gasteiger partial charge on any atom is -0.493 e. The van der Waals surface area contributed by atoms with Gasteiger partial charge in [-0.15, -0.1) is 0 Å². The normalized spacial score (nSPS) is 11.4. The minimum absolute atomic E-state index is 0.0140. The zero-order chi connectivity index (χ0) is 30.5. The van der Waals surface area contributed by atoms with E-state index in [9.17, 15) is 21.6 Å². The molecule has 0 aliphatic carbocycles. The summed E-state index contributed by atoms with van der Waals surface area (Å²) in [6.07, 6.45) is 0. The summed E-state index contributed by atoms with van der Waals surface area (Å²) in [5, 5.41) is 3.01. The number of nitrogens with zero attached hydrogens (tertiary/aromatic N) is 1. The number of hydrogen-bond donors (Lipinski definition) is 2. The van der Waals surface area contributed by atoms with E-state index >= 15 is 0 Å². The van der Waals surface area contributed by atoms with E-state index in [1.807, 2.05) is 6.92 Å². The summed E-state index contributed by atoms with van der Waals surface area (Å²) in [6, 6.07) is 22.5. The third kappa shape index (κ3) is 7.14. The molecule has 0 aromatic heterocycles. The number of hydrogen-bond acceptors (Lipinski definition) is 7. The van der Waals surface area contributed by atoms with Crippen molar-refractivity contribution >= 4 is 54.6 Å². The highest BCUT2D eigenvalue weighted by molar-refractivity contribution is 7.93. The zero-order valence-electron chi connectivity index (χ0n) is 22.9. The Bertz CT molecular complexity index is 1780. The van der Waals surface area contributed by atoms with Crippen LogP contribution in [0.2, 0.25) is 5.02 Å². The number of methoxy groups -OCH3 is 2. The first kappa shape index (κ1) is 30.7. The molecule has 0 unspecified atom stereocenters. The second-order valence-electron chi connectivity index (χ2n) is 9.05. The van der Waals surface area contributed by atoms with Gasteiger partial charge in [-0.1, -0.05) is 29.3 Å². The predicted octanol–water partition coefficient (Wildman–Crippen LogP) is 5.30. The fourth-order valence-electron chi connectivity index (χ4n) is 3.91. The molecule has 220 valence electrons. The lowest BCUT2D eigenvalue weighted by atomic mass is 10.2. The van der Waals surface area contributed by atoms with Crippen molar-refractivity contribution in [1.29, 1.82) is 0 Å². The number of ether oxygens (including phenoxy) is 2. The van der Waals surface area contributed by atoms with Gasteiger partial charge in [-0.25, -0.2) is 16.8 Å². The Morgan fingerprint density at radius 3 is 1.93 bits per heavy atom. The number of aryl methyl sites for hydroxylation is 1. The second kappa shape index (κ2) is 12.7. The lowest BCUT2D eigenvalue weighted by molar-refractivity contribution is -0.114. The average molecular weight is 630 g/mol. The molecule has 13 heteroatoms. The molecule has 0 saturated carbocycles. The van der Waals surface area contributed by atoms with Crippen LogP contribution in [0.3, 0.4) is 0 Å². The number of anilines is 3. The molecule has 0 fully saturated rings. The van der Waals surface area contributed by atoms with Crippen molar-refractivity contribution in [2.45, 2.75) is 16.7 Å². The van der Waals surface area contributed by atoms with Gasteiger partial charge in [-0.05, 0) is 79.7 Å². The molecule has 0 aliphatic rings. The van der Waals surface area contributed by atoms with Gasteiger partial charge in [0, 0.05) is 22.5 Å². The van der Waals surface area contributed by atoms with Crippen molar-refractivity contribution in [2.75, 3.05) is 35.1 Å². The fourth-order valence-corrected chi connectivity index (χ4v) is 6.53. The van der Waals surface area contributed by atoms with Crippen LogP contribution in [0.1, 0.15) is 5.56 Å². The maximum absolute atomic E-state index is 13.7. The van der Waals surface area contributed by atoms with Gasteiger partial charge in [0.05, 0.1) is 29.7 Å². The van der Waals surface area contributed by atoms with Gasteiger partial charge in [0.15, 0.2) is 11.5 Å². The molecule has 42 heavy (non-hydrogen) atoms. The minimum atomic E-state index is -4.26. The van der Waals surface area contributed by atoms with E-state index in [4.69, 9.17) is 21.1 Å². The van der Waals surface area contributed by atoms with Crippen LogP contribution in [0, 0.1) is 6.92 Å². The molecule has 2 N–H and O–H groups in total. The van der Waals surface area contributed by atoms with Gasteiger partial charge in [-0.2, -0.15) is 0 Å². The van der Waals surface area contributed by atoms with Crippen molar-refractivity contribution in [3.63, 3.8) is 0 Å². The van der Waals surface area contributed by atoms with Crippen LogP contribution in [-0.4, -0.2) is 43.5 Å². The molecule has 0 spiro atoms. The third-order valence-electron chi connectivity index (χ3n) is 6.10. The van der Waals surface area contributed by atoms with E-state index in [0.29, 0.717) is 16.5 Å². The van der Waals surface area contributed by atoms with E-state index < -0.39 is 32.5 Å². The van der Waals surface area contributed by atoms with Crippen molar-refractivity contribution in [3.8, 4) is 11.5 Å². The second-order valence-corrected chi connectivity index (χ2v) is 13.0. The Hall–Kier alpha value is -4.26. The quantitative estimate of drug-likeness (QED) is 0.230. The SMILES string of the molecule is COc1ccc(S(=O)(=O)N(CC(=O)Nc2ccc(S(=O)(=O)Nc3ccc(C)cc3)cc2)c2ccc(Cl)cc2)cc1OC. The molecule has 0 bridgehead atoms. The number of nitrogens with one attached hydrogen (secondary N) is 2. The molecule has 0 saturated heterocycles. The van der Waals surface area contributed by atoms with Crippen LogP contribution in [0.5, 0.6) is 11.5 Å². The fraction of sp³-hybridized carbons (Fsp3) is 0.138. The molecule has 0 aliphatic heterocycles. The molecule has 4 aromatic rings. The topological polar surface area (TPSA) is 131 Å². The summed E-state index contributed by atoms with van der Waals surface area (Å²) in [7, 11) is -5.32. The van der Waals surface area contributed by atoms with Gasteiger partial charge >= 0.3 is 0 Å². The molecule has 0 radical (unpaired) electrons. The van der Waals surface area contributed by atoms with Crippen molar-refractivity contribution in [3.05, 3.63) is 102 Å². The van der Waals surface area contributed by atoms with Gasteiger partial charge in [0.2, 0.25) is 5.91 Å². The number of carbonyl (C=O) groups is 1. The smallest absolute Gasteiger partial charge is 0.264 e. The molecular weight excluding hydrogens is 602 g/mol. The number of rotatable bonds is 11. The van der Waals surface area contributed by atoms with Gasteiger partial charge in [0.1, 0.15) is 6.54 Å². The Balaban J connectivity index is 1.55. The first-order valence-electron chi connectivity index (χ1n) is 12.4. The predicted molar refractivity (Wildman–Crippen MR) is 163 cm³/mol. The van der Waals surface area contributed by atoms with Crippen LogP contribution in [0.4, 0.5) is 17.1 Å². The molecular formula is C29H28ClN3O7S2. The summed E-state index contributed by atoms with van der Waals surface area (Å²) < 4.78 is 66.9. The Kier molecular flexibility index (Phi) is 9.30. The Labute approximate surface area is 250 Å². The molecule has 4 rings (SSSR count). The highest BCUT2D eigenvalue weighted by Crippen LogP contribution is 2.32. The average Bonchev–Trinajstić information content (AvgIpc) is 2.97. The van der Waals surface area contributed by atoms with E-state index in [2.05, 4.69) is 10.0 Å². The van der Waals surface area contributed by atoms with Crippen LogP contribution >= 0.6 is 11.6 Å². The first-order chi connectivity index (χ1) is 19.9. The first-order valence-corrected chi connectivity index (χ1v) is 15.7. The van der Waals surface area contributed by atoms with Crippen LogP contribution < -0.4 is 23.8 Å². The van der Waals surface area contributed by atoms with Crippen molar-refractivity contribution in [2.24, 2.45) is 0 Å². The van der Waals surface area contributed by atoms with E-state index in [-0.39, 0.29) is 26.9 Å². The highest BCUT2D eigenvalue weighted by atomic mass is 35.5. The summed E-state index contributed by atoms with van der Waals surface area (Å²) >= 11 is 6.00. The summed E-state index contributed by atoms with van der Waals surface area (Å²) in [5.41, 5.74) is 1.88. The monoisotopic (exact) mass is 629 g/mol. The molecule has 0 atom stereocenters. The van der Waals surface area contributed by atoms with Crippen LogP contribution in [-0.2, 0) is 24.8 Å². The summed E-state index contributed by atoms with van der Waals surface area (Å²) in [6.45, 7) is 1.30. The highest BCUT2D eigenvalue weighted by Gasteiger charge is 2.28. The van der Waals surface area contributed by atoms with Crippen molar-refractivity contribution < 1.29 is 31.1 Å². The van der Waals surface area contributed by atoms with Gasteiger partial charge < -0.3 is 14.8 Å². The van der Waals surface area contributed by atoms with Crippen LogP contribution in [0.25, 0.3) is 0 Å². The number of halogens is 1. The summed E-state index contributed by atoms with van der Waals surface area (Å²) in [5.74, 6) is -0.125. The van der Waals surface area contributed by atoms with Gasteiger partial charge in [-0.3, -0.25) is 13.8 Å². The molecule has 10 nitrogen and oxygen atoms in total. The van der Waals surface area contributed by atoms with Gasteiger partial charge in [0.25, 0.3) is 20.0 Å². The maximum Gasteiger partial charge on any atom is 0.264 e. The standard InChI is InChI=1S/C29H28ClN3O7S2/c1-20-4-8-23(9-5-20)32-41(35,36)25-14-10-22(11-15-25)31-29(34)19-33(24-12-6-21(30)7-13-24)42(37,38)26-16-17-27(39-2)28(18-26)40-3/h4-18,32H,19H2,1-3H3,(H,31,34). The molecule has 1 amide bonds. The van der Waals surface area contributed by atoms with Crippen LogP contribution in [0.15, 0.2) is 101 Å². The number of carbonyl (C=O) groups excluding carboxylic acids is 1. The largest absolute Gasteiger partial charge is 0.493 e. The lowest BCUT2D eigenvalue weighted by Gasteiger charge is -2.24. The van der Waals surface area contributed by atoms with E-state index in [1.54, 1.807) is 24.3 Å². The number of benzene rings is 4. The zero-order valence-corrected chi connectivity index (χ0v) is 25.3. The van der Waals surface area contributed by atoms with E-state index in [1.165, 1.54) is 80.9 Å². The number of sulfonamides is 2.